The Kier molecular flexibility index (Phi) is 7.03. The number of carbonyl (C=O) groups is 1. The van der Waals surface area contributed by atoms with Crippen LogP contribution < -0.4 is 4.74 Å². The first-order chi connectivity index (χ1) is 12.7. The average Bonchev–Trinajstić information content (AvgIpc) is 2.98. The average molecular weight is 378 g/mol. The minimum absolute atomic E-state index is 0.273. The molecule has 1 aliphatic rings. The highest BCUT2D eigenvalue weighted by atomic mass is 16.7. The third-order valence-electron chi connectivity index (χ3n) is 4.33. The van der Waals surface area contributed by atoms with Crippen molar-refractivity contribution in [3.05, 3.63) is 42.5 Å². The standard InChI is InChI=1S/C21H30O6/c1-7-12-21(19(22)27-20(2,3)4)17(13-18(24-6)26-21)25-14-15-8-10-16(23-5)11-9-15/h7-11,17-18H,1,12-14H2,2-6H3/t17-,18+,21+/m1/s1. The molecule has 0 bridgehead atoms. The highest BCUT2D eigenvalue weighted by Crippen LogP contribution is 2.39. The van der Waals surface area contributed by atoms with Crippen molar-refractivity contribution in [1.29, 1.82) is 0 Å². The van der Waals surface area contributed by atoms with Gasteiger partial charge in [0.2, 0.25) is 0 Å². The Hall–Kier alpha value is -1.89. The maximum absolute atomic E-state index is 13.0. The normalized spacial score (nSPS) is 25.2. The first-order valence-electron chi connectivity index (χ1n) is 9.03. The van der Waals surface area contributed by atoms with Gasteiger partial charge in [-0.15, -0.1) is 6.58 Å². The van der Waals surface area contributed by atoms with E-state index in [-0.39, 0.29) is 6.42 Å². The van der Waals surface area contributed by atoms with Gasteiger partial charge in [-0.05, 0) is 38.5 Å². The Labute approximate surface area is 161 Å². The number of benzene rings is 1. The highest BCUT2D eigenvalue weighted by molar-refractivity contribution is 5.81. The van der Waals surface area contributed by atoms with E-state index >= 15 is 0 Å². The van der Waals surface area contributed by atoms with Gasteiger partial charge in [0.05, 0.1) is 13.7 Å². The Bertz CT molecular complexity index is 633. The molecule has 6 nitrogen and oxygen atoms in total. The van der Waals surface area contributed by atoms with E-state index in [9.17, 15) is 4.79 Å². The van der Waals surface area contributed by atoms with Crippen LogP contribution in [-0.4, -0.2) is 43.8 Å². The molecule has 0 aliphatic carbocycles. The third kappa shape index (κ3) is 5.31. The molecule has 0 amide bonds. The van der Waals surface area contributed by atoms with Gasteiger partial charge in [-0.1, -0.05) is 18.2 Å². The summed E-state index contributed by atoms with van der Waals surface area (Å²) in [4.78, 5) is 13.0. The minimum Gasteiger partial charge on any atom is -0.497 e. The van der Waals surface area contributed by atoms with Crippen LogP contribution in [0.5, 0.6) is 5.75 Å². The zero-order chi connectivity index (χ0) is 20.1. The Morgan fingerprint density at radius 2 is 1.96 bits per heavy atom. The van der Waals surface area contributed by atoms with Gasteiger partial charge in [0.15, 0.2) is 11.9 Å². The molecule has 150 valence electrons. The molecule has 6 heteroatoms. The number of hydrogen-bond donors (Lipinski definition) is 0. The summed E-state index contributed by atoms with van der Waals surface area (Å²) in [7, 11) is 3.17. The molecule has 0 unspecified atom stereocenters. The highest BCUT2D eigenvalue weighted by Gasteiger charge is 2.56. The molecular weight excluding hydrogens is 348 g/mol. The first-order valence-corrected chi connectivity index (χ1v) is 9.03. The molecule has 0 N–H and O–H groups in total. The van der Waals surface area contributed by atoms with Crippen LogP contribution in [0.2, 0.25) is 0 Å². The quantitative estimate of drug-likeness (QED) is 0.508. The molecule has 1 heterocycles. The summed E-state index contributed by atoms with van der Waals surface area (Å²) in [5, 5.41) is 0. The van der Waals surface area contributed by atoms with Crippen LogP contribution in [0.4, 0.5) is 0 Å². The number of esters is 1. The largest absolute Gasteiger partial charge is 0.497 e. The van der Waals surface area contributed by atoms with Crippen LogP contribution >= 0.6 is 0 Å². The van der Waals surface area contributed by atoms with Crippen molar-refractivity contribution in [2.75, 3.05) is 14.2 Å². The zero-order valence-electron chi connectivity index (χ0n) is 16.8. The lowest BCUT2D eigenvalue weighted by Gasteiger charge is -2.34. The van der Waals surface area contributed by atoms with Gasteiger partial charge in [-0.3, -0.25) is 0 Å². The molecule has 2 rings (SSSR count). The van der Waals surface area contributed by atoms with E-state index in [1.807, 2.05) is 45.0 Å². The second kappa shape index (κ2) is 8.87. The van der Waals surface area contributed by atoms with Crippen LogP contribution in [0, 0.1) is 0 Å². The molecule has 0 spiro atoms. The van der Waals surface area contributed by atoms with Crippen LogP contribution in [-0.2, 0) is 30.3 Å². The Morgan fingerprint density at radius 3 is 2.48 bits per heavy atom. The summed E-state index contributed by atoms with van der Waals surface area (Å²) in [6, 6.07) is 7.58. The van der Waals surface area contributed by atoms with Crippen molar-refractivity contribution in [2.24, 2.45) is 0 Å². The summed E-state index contributed by atoms with van der Waals surface area (Å²) in [5.74, 6) is 0.311. The fourth-order valence-corrected chi connectivity index (χ4v) is 3.01. The van der Waals surface area contributed by atoms with E-state index < -0.39 is 29.6 Å². The smallest absolute Gasteiger partial charge is 0.342 e. The SMILES string of the molecule is C=CC[C@]1(C(=O)OC(C)(C)C)O[C@H](OC)C[C@H]1OCc1ccc(OC)cc1. The number of ether oxygens (including phenoxy) is 5. The Morgan fingerprint density at radius 1 is 1.30 bits per heavy atom. The van der Waals surface area contributed by atoms with E-state index in [1.54, 1.807) is 20.3 Å². The van der Waals surface area contributed by atoms with Gasteiger partial charge in [0, 0.05) is 20.0 Å². The van der Waals surface area contributed by atoms with Gasteiger partial charge in [0.1, 0.15) is 17.5 Å². The number of carbonyl (C=O) groups excluding carboxylic acids is 1. The summed E-state index contributed by atoms with van der Waals surface area (Å²) in [6.45, 7) is 9.57. The predicted molar refractivity (Wildman–Crippen MR) is 101 cm³/mol. The van der Waals surface area contributed by atoms with Gasteiger partial charge in [-0.25, -0.2) is 4.79 Å². The second-order valence-electron chi connectivity index (χ2n) is 7.55. The van der Waals surface area contributed by atoms with Gasteiger partial charge in [-0.2, -0.15) is 0 Å². The summed E-state index contributed by atoms with van der Waals surface area (Å²) < 4.78 is 28.2. The molecule has 3 atom stereocenters. The van der Waals surface area contributed by atoms with Gasteiger partial charge >= 0.3 is 5.97 Å². The number of rotatable bonds is 8. The molecular formula is C21H30O6. The van der Waals surface area contributed by atoms with Crippen LogP contribution in [0.3, 0.4) is 0 Å². The number of methoxy groups -OCH3 is 2. The van der Waals surface area contributed by atoms with Crippen molar-refractivity contribution < 1.29 is 28.5 Å². The summed E-state index contributed by atoms with van der Waals surface area (Å²) in [5.41, 5.74) is -0.948. The summed E-state index contributed by atoms with van der Waals surface area (Å²) >= 11 is 0. The summed E-state index contributed by atoms with van der Waals surface area (Å²) in [6.07, 6.45) is 1.29. The number of hydrogen-bond acceptors (Lipinski definition) is 6. The molecule has 1 saturated heterocycles. The first kappa shape index (κ1) is 21.4. The lowest BCUT2D eigenvalue weighted by atomic mass is 9.92. The van der Waals surface area contributed by atoms with Crippen molar-refractivity contribution in [3.63, 3.8) is 0 Å². The van der Waals surface area contributed by atoms with Gasteiger partial charge in [0.25, 0.3) is 0 Å². The van der Waals surface area contributed by atoms with Crippen LogP contribution in [0.15, 0.2) is 36.9 Å². The van der Waals surface area contributed by atoms with Crippen molar-refractivity contribution in [2.45, 2.75) is 63.8 Å². The maximum Gasteiger partial charge on any atom is 0.342 e. The lowest BCUT2D eigenvalue weighted by molar-refractivity contribution is -0.210. The maximum atomic E-state index is 13.0. The van der Waals surface area contributed by atoms with E-state index in [0.717, 1.165) is 11.3 Å². The fraction of sp³-hybridized carbons (Fsp3) is 0.571. The van der Waals surface area contributed by atoms with E-state index in [1.165, 1.54) is 0 Å². The van der Waals surface area contributed by atoms with Crippen molar-refractivity contribution in [1.82, 2.24) is 0 Å². The molecule has 27 heavy (non-hydrogen) atoms. The monoisotopic (exact) mass is 378 g/mol. The van der Waals surface area contributed by atoms with Crippen molar-refractivity contribution in [3.8, 4) is 5.75 Å². The van der Waals surface area contributed by atoms with Crippen molar-refractivity contribution >= 4 is 5.97 Å². The topological polar surface area (TPSA) is 63.2 Å². The lowest BCUT2D eigenvalue weighted by Crippen LogP contribution is -2.51. The molecule has 1 aromatic carbocycles. The fourth-order valence-electron chi connectivity index (χ4n) is 3.01. The molecule has 1 fully saturated rings. The molecule has 0 aromatic heterocycles. The van der Waals surface area contributed by atoms with Crippen LogP contribution in [0.25, 0.3) is 0 Å². The predicted octanol–water partition coefficient (Wildman–Crippen LogP) is 3.63. The molecule has 0 radical (unpaired) electrons. The van der Waals surface area contributed by atoms with E-state index in [0.29, 0.717) is 13.0 Å². The van der Waals surface area contributed by atoms with E-state index in [4.69, 9.17) is 23.7 Å². The third-order valence-corrected chi connectivity index (χ3v) is 4.33. The molecule has 1 aromatic rings. The second-order valence-corrected chi connectivity index (χ2v) is 7.55. The Balaban J connectivity index is 2.20. The molecule has 0 saturated carbocycles. The molecule has 1 aliphatic heterocycles. The van der Waals surface area contributed by atoms with E-state index in [2.05, 4.69) is 6.58 Å². The van der Waals surface area contributed by atoms with Gasteiger partial charge < -0.3 is 23.7 Å². The van der Waals surface area contributed by atoms with Crippen LogP contribution in [0.1, 0.15) is 39.2 Å². The zero-order valence-corrected chi connectivity index (χ0v) is 16.8. The minimum atomic E-state index is -1.28.